The minimum Gasteiger partial charge on any atom is -0.489 e. The lowest BCUT2D eigenvalue weighted by Crippen LogP contribution is -2.48. The van der Waals surface area contributed by atoms with Gasteiger partial charge < -0.3 is 19.9 Å². The fourth-order valence-electron chi connectivity index (χ4n) is 3.15. The van der Waals surface area contributed by atoms with Gasteiger partial charge in [-0.1, -0.05) is 6.07 Å². The first-order chi connectivity index (χ1) is 10.1. The van der Waals surface area contributed by atoms with E-state index in [1.54, 1.807) is 18.2 Å². The maximum atomic E-state index is 11.9. The standard InChI is InChI=1S/C16H21NO4/c1-19-15(18)14-12(17)4-2-5-13(14)21-11-6-9-20-16(10-11)7-3-8-16/h2,4-5,11H,3,6-10,17H2,1H3. The van der Waals surface area contributed by atoms with Gasteiger partial charge in [-0.2, -0.15) is 0 Å². The maximum absolute atomic E-state index is 11.9. The van der Waals surface area contributed by atoms with Gasteiger partial charge in [0.05, 0.1) is 19.3 Å². The fraction of sp³-hybridized carbons (Fsp3) is 0.562. The molecule has 1 saturated heterocycles. The van der Waals surface area contributed by atoms with E-state index in [0.717, 1.165) is 25.7 Å². The molecule has 2 aliphatic rings. The smallest absolute Gasteiger partial charge is 0.343 e. The third kappa shape index (κ3) is 2.70. The number of methoxy groups -OCH3 is 1. The average Bonchev–Trinajstić information content (AvgIpc) is 2.45. The summed E-state index contributed by atoms with van der Waals surface area (Å²) in [4.78, 5) is 11.9. The van der Waals surface area contributed by atoms with Crippen molar-refractivity contribution < 1.29 is 19.0 Å². The summed E-state index contributed by atoms with van der Waals surface area (Å²) in [6.45, 7) is 0.709. The van der Waals surface area contributed by atoms with Gasteiger partial charge in [0, 0.05) is 18.5 Å². The first-order valence-corrected chi connectivity index (χ1v) is 7.41. The molecule has 1 heterocycles. The van der Waals surface area contributed by atoms with Gasteiger partial charge >= 0.3 is 5.97 Å². The largest absolute Gasteiger partial charge is 0.489 e. The number of carbonyl (C=O) groups excluding carboxylic acids is 1. The molecule has 0 amide bonds. The lowest BCUT2D eigenvalue weighted by atomic mass is 9.74. The Morgan fingerprint density at radius 1 is 1.43 bits per heavy atom. The Labute approximate surface area is 124 Å². The van der Waals surface area contributed by atoms with Crippen LogP contribution in [0, 0.1) is 0 Å². The molecule has 21 heavy (non-hydrogen) atoms. The number of esters is 1. The third-order valence-corrected chi connectivity index (χ3v) is 4.45. The number of benzene rings is 1. The van der Waals surface area contributed by atoms with Crippen LogP contribution in [0.4, 0.5) is 5.69 Å². The molecular weight excluding hydrogens is 270 g/mol. The lowest BCUT2D eigenvalue weighted by Gasteiger charge is -2.47. The Balaban J connectivity index is 1.78. The van der Waals surface area contributed by atoms with Gasteiger partial charge in [-0.3, -0.25) is 0 Å². The highest BCUT2D eigenvalue weighted by molar-refractivity contribution is 5.98. The van der Waals surface area contributed by atoms with Gasteiger partial charge in [0.15, 0.2) is 0 Å². The van der Waals surface area contributed by atoms with Crippen LogP contribution in [0.15, 0.2) is 18.2 Å². The average molecular weight is 291 g/mol. The zero-order valence-electron chi connectivity index (χ0n) is 12.3. The summed E-state index contributed by atoms with van der Waals surface area (Å²) < 4.78 is 16.8. The number of anilines is 1. The van der Waals surface area contributed by atoms with Crippen LogP contribution in [0.3, 0.4) is 0 Å². The summed E-state index contributed by atoms with van der Waals surface area (Å²) in [6.07, 6.45) is 5.20. The predicted molar refractivity (Wildman–Crippen MR) is 78.4 cm³/mol. The number of hydrogen-bond donors (Lipinski definition) is 1. The molecule has 3 rings (SSSR count). The molecule has 5 heteroatoms. The van der Waals surface area contributed by atoms with Gasteiger partial charge in [0.1, 0.15) is 17.4 Å². The van der Waals surface area contributed by atoms with Gasteiger partial charge in [-0.05, 0) is 31.4 Å². The molecule has 0 aromatic heterocycles. The highest BCUT2D eigenvalue weighted by atomic mass is 16.5. The van der Waals surface area contributed by atoms with E-state index in [2.05, 4.69) is 0 Å². The highest BCUT2D eigenvalue weighted by Gasteiger charge is 2.43. The van der Waals surface area contributed by atoms with Gasteiger partial charge in [0.25, 0.3) is 0 Å². The second-order valence-corrected chi connectivity index (χ2v) is 5.83. The molecule has 1 spiro atoms. The van der Waals surface area contributed by atoms with Crippen molar-refractivity contribution in [1.82, 2.24) is 0 Å². The molecule has 1 saturated carbocycles. The number of ether oxygens (including phenoxy) is 3. The van der Waals surface area contributed by atoms with E-state index in [1.165, 1.54) is 13.5 Å². The molecule has 2 N–H and O–H groups in total. The van der Waals surface area contributed by atoms with E-state index in [9.17, 15) is 4.79 Å². The quantitative estimate of drug-likeness (QED) is 0.684. The van der Waals surface area contributed by atoms with Crippen molar-refractivity contribution in [2.45, 2.75) is 43.8 Å². The molecule has 0 bridgehead atoms. The van der Waals surface area contributed by atoms with Crippen LogP contribution in [-0.4, -0.2) is 31.4 Å². The van der Waals surface area contributed by atoms with E-state index in [0.29, 0.717) is 23.6 Å². The predicted octanol–water partition coefficient (Wildman–Crippen LogP) is 2.54. The van der Waals surface area contributed by atoms with Gasteiger partial charge in [0.2, 0.25) is 0 Å². The maximum Gasteiger partial charge on any atom is 0.343 e. The SMILES string of the molecule is COC(=O)c1c(N)cccc1OC1CCOC2(CCC2)C1. The Morgan fingerprint density at radius 2 is 2.24 bits per heavy atom. The normalized spacial score (nSPS) is 23.4. The summed E-state index contributed by atoms with van der Waals surface area (Å²) in [5, 5.41) is 0. The van der Waals surface area contributed by atoms with Crippen LogP contribution >= 0.6 is 0 Å². The summed E-state index contributed by atoms with van der Waals surface area (Å²) in [5.41, 5.74) is 6.59. The van der Waals surface area contributed by atoms with E-state index < -0.39 is 5.97 Å². The Bertz CT molecular complexity index is 539. The van der Waals surface area contributed by atoms with Crippen LogP contribution in [0.5, 0.6) is 5.75 Å². The molecule has 1 aromatic rings. The Hall–Kier alpha value is -1.75. The number of hydrogen-bond acceptors (Lipinski definition) is 5. The van der Waals surface area contributed by atoms with Gasteiger partial charge in [-0.15, -0.1) is 0 Å². The van der Waals surface area contributed by atoms with E-state index >= 15 is 0 Å². The summed E-state index contributed by atoms with van der Waals surface area (Å²) in [5.74, 6) is 0.0386. The highest BCUT2D eigenvalue weighted by Crippen LogP contribution is 2.43. The van der Waals surface area contributed by atoms with Crippen molar-refractivity contribution in [3.63, 3.8) is 0 Å². The third-order valence-electron chi connectivity index (χ3n) is 4.45. The number of rotatable bonds is 3. The molecular formula is C16H21NO4. The van der Waals surface area contributed by atoms with Crippen molar-refractivity contribution in [3.05, 3.63) is 23.8 Å². The van der Waals surface area contributed by atoms with E-state index in [1.807, 2.05) is 0 Å². The van der Waals surface area contributed by atoms with Crippen molar-refractivity contribution >= 4 is 11.7 Å². The van der Waals surface area contributed by atoms with Crippen LogP contribution in [0.1, 0.15) is 42.5 Å². The second-order valence-electron chi connectivity index (χ2n) is 5.83. The summed E-state index contributed by atoms with van der Waals surface area (Å²) >= 11 is 0. The monoisotopic (exact) mass is 291 g/mol. The minimum absolute atomic E-state index is 0.00860. The van der Waals surface area contributed by atoms with Crippen LogP contribution < -0.4 is 10.5 Å². The Morgan fingerprint density at radius 3 is 2.90 bits per heavy atom. The molecule has 1 unspecified atom stereocenters. The van der Waals surface area contributed by atoms with Gasteiger partial charge in [-0.25, -0.2) is 4.79 Å². The molecule has 1 aromatic carbocycles. The first kappa shape index (κ1) is 14.2. The Kier molecular flexibility index (Phi) is 3.76. The molecule has 2 fully saturated rings. The van der Waals surface area contributed by atoms with Crippen LogP contribution in [-0.2, 0) is 9.47 Å². The zero-order valence-corrected chi connectivity index (χ0v) is 12.3. The van der Waals surface area contributed by atoms with Crippen LogP contribution in [0.2, 0.25) is 0 Å². The fourth-order valence-corrected chi connectivity index (χ4v) is 3.15. The van der Waals surface area contributed by atoms with Crippen molar-refractivity contribution in [2.24, 2.45) is 0 Å². The van der Waals surface area contributed by atoms with Crippen molar-refractivity contribution in [1.29, 1.82) is 0 Å². The topological polar surface area (TPSA) is 70.8 Å². The lowest BCUT2D eigenvalue weighted by molar-refractivity contribution is -0.153. The molecule has 5 nitrogen and oxygen atoms in total. The first-order valence-electron chi connectivity index (χ1n) is 7.41. The number of nitrogen functional groups attached to an aromatic ring is 1. The second kappa shape index (κ2) is 5.56. The minimum atomic E-state index is -0.464. The summed E-state index contributed by atoms with van der Waals surface area (Å²) in [7, 11) is 1.34. The molecule has 114 valence electrons. The van der Waals surface area contributed by atoms with Crippen molar-refractivity contribution in [2.75, 3.05) is 19.5 Å². The van der Waals surface area contributed by atoms with E-state index in [-0.39, 0.29) is 11.7 Å². The zero-order chi connectivity index (χ0) is 14.9. The number of nitrogens with two attached hydrogens (primary N) is 1. The van der Waals surface area contributed by atoms with Crippen molar-refractivity contribution in [3.8, 4) is 5.75 Å². The summed E-state index contributed by atoms with van der Waals surface area (Å²) in [6, 6.07) is 5.23. The molecule has 0 radical (unpaired) electrons. The van der Waals surface area contributed by atoms with Crippen LogP contribution in [0.25, 0.3) is 0 Å². The molecule has 1 atom stereocenters. The molecule has 1 aliphatic heterocycles. The van der Waals surface area contributed by atoms with E-state index in [4.69, 9.17) is 19.9 Å². The molecule has 1 aliphatic carbocycles. The number of carbonyl (C=O) groups is 1.